The first-order valence-corrected chi connectivity index (χ1v) is 8.44. The number of aromatic nitrogens is 2. The lowest BCUT2D eigenvalue weighted by Gasteiger charge is -2.26. The molecule has 24 heavy (non-hydrogen) atoms. The van der Waals surface area contributed by atoms with E-state index in [9.17, 15) is 0 Å². The van der Waals surface area contributed by atoms with Crippen LogP contribution in [-0.2, 0) is 17.8 Å². The zero-order valence-corrected chi connectivity index (χ0v) is 13.7. The van der Waals surface area contributed by atoms with Crippen molar-refractivity contribution in [1.82, 2.24) is 14.6 Å². The van der Waals surface area contributed by atoms with Gasteiger partial charge in [-0.25, -0.2) is 9.66 Å². The minimum absolute atomic E-state index is 0.775. The highest BCUT2D eigenvalue weighted by Gasteiger charge is 2.16. The standard InChI is InChI=1S/C19H22N4O/c1-2-6-16(7-3-1)14-20-23-18-9-5-4-8-17(18)21-19(23)15-22-10-12-24-13-11-22/h1-9,20H,10-15H2. The first-order valence-electron chi connectivity index (χ1n) is 8.44. The number of benzene rings is 2. The molecule has 0 amide bonds. The SMILES string of the molecule is c1ccc(CNn2c(CN3CCOCC3)nc3ccccc32)cc1. The lowest BCUT2D eigenvalue weighted by molar-refractivity contribution is 0.0328. The summed E-state index contributed by atoms with van der Waals surface area (Å²) in [5.74, 6) is 1.05. The molecule has 0 saturated carbocycles. The fraction of sp³-hybridized carbons (Fsp3) is 0.316. The molecule has 1 aliphatic heterocycles. The fourth-order valence-corrected chi connectivity index (χ4v) is 3.08. The van der Waals surface area contributed by atoms with Crippen LogP contribution >= 0.6 is 0 Å². The van der Waals surface area contributed by atoms with Gasteiger partial charge in [-0.05, 0) is 17.7 Å². The summed E-state index contributed by atoms with van der Waals surface area (Å²) in [5.41, 5.74) is 6.95. The predicted molar refractivity (Wildman–Crippen MR) is 95.3 cm³/mol. The molecule has 0 spiro atoms. The zero-order chi connectivity index (χ0) is 16.2. The number of imidazole rings is 1. The van der Waals surface area contributed by atoms with Crippen LogP contribution in [0.1, 0.15) is 11.4 Å². The van der Waals surface area contributed by atoms with Crippen LogP contribution < -0.4 is 5.43 Å². The lowest BCUT2D eigenvalue weighted by atomic mass is 10.2. The number of hydrogen-bond donors (Lipinski definition) is 1. The second-order valence-corrected chi connectivity index (χ2v) is 6.06. The third-order valence-electron chi connectivity index (χ3n) is 4.38. The Balaban J connectivity index is 1.59. The summed E-state index contributed by atoms with van der Waals surface area (Å²) in [5, 5.41) is 0. The maximum atomic E-state index is 5.45. The van der Waals surface area contributed by atoms with E-state index in [1.807, 2.05) is 12.1 Å². The molecule has 0 radical (unpaired) electrons. The van der Waals surface area contributed by atoms with E-state index in [-0.39, 0.29) is 0 Å². The molecule has 3 aromatic rings. The Kier molecular flexibility index (Phi) is 4.44. The monoisotopic (exact) mass is 322 g/mol. The molecule has 1 N–H and O–H groups in total. The molecule has 2 aromatic carbocycles. The maximum absolute atomic E-state index is 5.45. The second-order valence-electron chi connectivity index (χ2n) is 6.06. The van der Waals surface area contributed by atoms with E-state index in [1.54, 1.807) is 0 Å². The Morgan fingerprint density at radius 2 is 1.71 bits per heavy atom. The van der Waals surface area contributed by atoms with Crippen molar-refractivity contribution in [2.45, 2.75) is 13.1 Å². The number of fused-ring (bicyclic) bond motifs is 1. The van der Waals surface area contributed by atoms with Crippen molar-refractivity contribution in [1.29, 1.82) is 0 Å². The normalized spacial score (nSPS) is 15.7. The molecule has 1 aromatic heterocycles. The zero-order valence-electron chi connectivity index (χ0n) is 13.7. The molecule has 1 aliphatic rings. The molecule has 1 fully saturated rings. The molecule has 5 heteroatoms. The van der Waals surface area contributed by atoms with Crippen LogP contribution in [0.4, 0.5) is 0 Å². The highest BCUT2D eigenvalue weighted by molar-refractivity contribution is 5.76. The van der Waals surface area contributed by atoms with Crippen LogP contribution in [0.3, 0.4) is 0 Å². The van der Waals surface area contributed by atoms with Crippen molar-refractivity contribution in [2.75, 3.05) is 31.7 Å². The van der Waals surface area contributed by atoms with Gasteiger partial charge in [-0.1, -0.05) is 42.5 Å². The quantitative estimate of drug-likeness (QED) is 0.784. The highest BCUT2D eigenvalue weighted by Crippen LogP contribution is 2.17. The van der Waals surface area contributed by atoms with E-state index in [4.69, 9.17) is 9.72 Å². The number of hydrogen-bond acceptors (Lipinski definition) is 4. The summed E-state index contributed by atoms with van der Waals surface area (Å²) in [6.45, 7) is 5.14. The van der Waals surface area contributed by atoms with Crippen molar-refractivity contribution in [3.63, 3.8) is 0 Å². The lowest BCUT2D eigenvalue weighted by Crippen LogP contribution is -2.37. The topological polar surface area (TPSA) is 42.3 Å². The number of morpholine rings is 1. The molecular weight excluding hydrogens is 300 g/mol. The van der Waals surface area contributed by atoms with E-state index in [0.29, 0.717) is 0 Å². The van der Waals surface area contributed by atoms with Crippen LogP contribution in [-0.4, -0.2) is 40.9 Å². The molecule has 1 saturated heterocycles. The van der Waals surface area contributed by atoms with Gasteiger partial charge in [0.1, 0.15) is 5.82 Å². The molecule has 4 rings (SSSR count). The third kappa shape index (κ3) is 3.27. The van der Waals surface area contributed by atoms with Gasteiger partial charge in [-0.15, -0.1) is 0 Å². The van der Waals surface area contributed by atoms with Crippen molar-refractivity contribution >= 4 is 11.0 Å². The fourth-order valence-electron chi connectivity index (χ4n) is 3.08. The van der Waals surface area contributed by atoms with Gasteiger partial charge in [0.15, 0.2) is 0 Å². The van der Waals surface area contributed by atoms with Gasteiger partial charge in [0.25, 0.3) is 0 Å². The van der Waals surface area contributed by atoms with Crippen LogP contribution in [0, 0.1) is 0 Å². The van der Waals surface area contributed by atoms with Gasteiger partial charge in [0.05, 0.1) is 37.3 Å². The highest BCUT2D eigenvalue weighted by atomic mass is 16.5. The summed E-state index contributed by atoms with van der Waals surface area (Å²) in [7, 11) is 0. The Morgan fingerprint density at radius 1 is 0.958 bits per heavy atom. The van der Waals surface area contributed by atoms with Crippen LogP contribution in [0.5, 0.6) is 0 Å². The minimum atomic E-state index is 0.775. The summed E-state index contributed by atoms with van der Waals surface area (Å²) >= 11 is 0. The van der Waals surface area contributed by atoms with E-state index in [1.165, 1.54) is 5.56 Å². The van der Waals surface area contributed by atoms with Crippen LogP contribution in [0.15, 0.2) is 54.6 Å². The van der Waals surface area contributed by atoms with Crippen molar-refractivity contribution in [3.05, 3.63) is 66.0 Å². The third-order valence-corrected chi connectivity index (χ3v) is 4.38. The summed E-state index contributed by atoms with van der Waals surface area (Å²) in [4.78, 5) is 7.23. The minimum Gasteiger partial charge on any atom is -0.379 e. The molecule has 0 aliphatic carbocycles. The molecule has 2 heterocycles. The maximum Gasteiger partial charge on any atom is 0.142 e. The van der Waals surface area contributed by atoms with Gasteiger partial charge >= 0.3 is 0 Å². The molecule has 5 nitrogen and oxygen atoms in total. The molecular formula is C19H22N4O. The van der Waals surface area contributed by atoms with Crippen LogP contribution in [0.25, 0.3) is 11.0 Å². The van der Waals surface area contributed by atoms with E-state index in [0.717, 1.165) is 56.3 Å². The Bertz CT molecular complexity index is 793. The smallest absolute Gasteiger partial charge is 0.142 e. The van der Waals surface area contributed by atoms with Gasteiger partial charge < -0.3 is 10.2 Å². The second kappa shape index (κ2) is 7.03. The molecule has 0 unspecified atom stereocenters. The largest absolute Gasteiger partial charge is 0.379 e. The summed E-state index contributed by atoms with van der Waals surface area (Å²) in [6.07, 6.45) is 0. The summed E-state index contributed by atoms with van der Waals surface area (Å²) < 4.78 is 7.58. The number of para-hydroxylation sites is 2. The van der Waals surface area contributed by atoms with Crippen molar-refractivity contribution in [3.8, 4) is 0 Å². The van der Waals surface area contributed by atoms with Crippen molar-refractivity contribution < 1.29 is 4.74 Å². The van der Waals surface area contributed by atoms with Gasteiger partial charge in [-0.2, -0.15) is 0 Å². The average Bonchev–Trinajstić information content (AvgIpc) is 2.99. The van der Waals surface area contributed by atoms with E-state index >= 15 is 0 Å². The van der Waals surface area contributed by atoms with Crippen LogP contribution in [0.2, 0.25) is 0 Å². The Hall–Kier alpha value is -2.37. The van der Waals surface area contributed by atoms with E-state index in [2.05, 4.69) is 57.5 Å². The van der Waals surface area contributed by atoms with Gasteiger partial charge in [-0.3, -0.25) is 4.90 Å². The number of nitrogens with one attached hydrogen (secondary N) is 1. The first kappa shape index (κ1) is 15.2. The Labute approximate surface area is 141 Å². The number of rotatable bonds is 5. The van der Waals surface area contributed by atoms with E-state index < -0.39 is 0 Å². The predicted octanol–water partition coefficient (Wildman–Crippen LogP) is 2.61. The number of nitrogens with zero attached hydrogens (tertiary/aromatic N) is 3. The summed E-state index contributed by atoms with van der Waals surface area (Å²) in [6, 6.07) is 18.7. The van der Waals surface area contributed by atoms with Gasteiger partial charge in [0, 0.05) is 13.1 Å². The molecule has 0 atom stereocenters. The van der Waals surface area contributed by atoms with Crippen molar-refractivity contribution in [2.24, 2.45) is 0 Å². The Morgan fingerprint density at radius 3 is 2.54 bits per heavy atom. The number of ether oxygens (including phenoxy) is 1. The van der Waals surface area contributed by atoms with Gasteiger partial charge in [0.2, 0.25) is 0 Å². The first-order chi connectivity index (χ1) is 11.9. The average molecular weight is 322 g/mol. The molecule has 124 valence electrons. The molecule has 0 bridgehead atoms.